The van der Waals surface area contributed by atoms with E-state index < -0.39 is 0 Å². The van der Waals surface area contributed by atoms with Gasteiger partial charge in [-0.3, -0.25) is 0 Å². The lowest BCUT2D eigenvalue weighted by atomic mass is 10.4. The maximum absolute atomic E-state index is 5.94. The summed E-state index contributed by atoms with van der Waals surface area (Å²) >= 11 is 5.94. The van der Waals surface area contributed by atoms with E-state index in [2.05, 4.69) is 41.0 Å². The Morgan fingerprint density at radius 2 is 1.85 bits per heavy atom. The average molecular weight is 302 g/mol. The average Bonchev–Trinajstić information content (AvgIpc) is 2.43. The minimum Gasteiger partial charge on any atom is -0.381 e. The molecule has 0 bridgehead atoms. The number of rotatable bonds is 10. The number of aromatic nitrogens is 3. The lowest BCUT2D eigenvalue weighted by Gasteiger charge is -2.18. The lowest BCUT2D eigenvalue weighted by Crippen LogP contribution is -2.25. The number of hydrogen-bond acceptors (Lipinski definition) is 6. The van der Waals surface area contributed by atoms with Gasteiger partial charge in [0.05, 0.1) is 0 Å². The fourth-order valence-electron chi connectivity index (χ4n) is 1.69. The zero-order chi connectivity index (χ0) is 14.8. The summed E-state index contributed by atoms with van der Waals surface area (Å²) in [6.07, 6.45) is 1.95. The van der Waals surface area contributed by atoms with Crippen molar-refractivity contribution in [1.82, 2.24) is 15.0 Å². The topological polar surface area (TPSA) is 63.2 Å². The van der Waals surface area contributed by atoms with Crippen molar-refractivity contribution in [3.63, 3.8) is 0 Å². The zero-order valence-corrected chi connectivity index (χ0v) is 13.3. The first-order valence-electron chi connectivity index (χ1n) is 7.19. The second-order valence-corrected chi connectivity index (χ2v) is 4.63. The third-order valence-corrected chi connectivity index (χ3v) is 2.91. The molecule has 0 spiro atoms. The first kappa shape index (κ1) is 16.9. The van der Waals surface area contributed by atoms with Gasteiger partial charge >= 0.3 is 0 Å². The Morgan fingerprint density at radius 1 is 1.10 bits per heavy atom. The molecule has 1 rings (SSSR count). The third-order valence-electron chi connectivity index (χ3n) is 2.74. The summed E-state index contributed by atoms with van der Waals surface area (Å²) in [7, 11) is 0. The van der Waals surface area contributed by atoms with Gasteiger partial charge in [-0.25, -0.2) is 0 Å². The molecule has 0 amide bonds. The van der Waals surface area contributed by atoms with Crippen molar-refractivity contribution < 1.29 is 4.74 Å². The molecular formula is C13H24ClN5O. The third kappa shape index (κ3) is 5.88. The Balaban J connectivity index is 2.49. The summed E-state index contributed by atoms with van der Waals surface area (Å²) in [5, 5.41) is 3.37. The van der Waals surface area contributed by atoms with Crippen LogP contribution in [0.4, 0.5) is 11.9 Å². The van der Waals surface area contributed by atoms with E-state index in [1.165, 1.54) is 0 Å². The Kier molecular flexibility index (Phi) is 8.22. The van der Waals surface area contributed by atoms with E-state index in [0.29, 0.717) is 11.9 Å². The molecule has 0 aliphatic heterocycles. The SMILES string of the molecule is CCCOCCCNc1nc(Cl)nc(N(CC)CC)n1. The Morgan fingerprint density at radius 3 is 2.50 bits per heavy atom. The number of anilines is 2. The van der Waals surface area contributed by atoms with Crippen LogP contribution in [0.3, 0.4) is 0 Å². The summed E-state index contributed by atoms with van der Waals surface area (Å²) < 4.78 is 5.41. The highest BCUT2D eigenvalue weighted by Crippen LogP contribution is 2.13. The maximum Gasteiger partial charge on any atom is 0.231 e. The minimum absolute atomic E-state index is 0.214. The standard InChI is InChI=1S/C13H24ClN5O/c1-4-9-20-10-7-8-15-12-16-11(14)17-13(18-12)19(5-2)6-3/h4-10H2,1-3H3,(H,15,16,17,18). The van der Waals surface area contributed by atoms with Gasteiger partial charge in [0.2, 0.25) is 17.2 Å². The predicted octanol–water partition coefficient (Wildman–Crippen LogP) is 2.60. The predicted molar refractivity (Wildman–Crippen MR) is 82.6 cm³/mol. The summed E-state index contributed by atoms with van der Waals surface area (Å²) in [4.78, 5) is 14.6. The van der Waals surface area contributed by atoms with Crippen LogP contribution in [0.2, 0.25) is 5.28 Å². The van der Waals surface area contributed by atoms with Crippen LogP contribution in [-0.4, -0.2) is 47.8 Å². The van der Waals surface area contributed by atoms with Gasteiger partial charge in [-0.15, -0.1) is 0 Å². The Bertz CT molecular complexity index is 387. The molecule has 6 nitrogen and oxygen atoms in total. The highest BCUT2D eigenvalue weighted by Gasteiger charge is 2.09. The van der Waals surface area contributed by atoms with Crippen LogP contribution in [-0.2, 0) is 4.74 Å². The number of nitrogens with zero attached hydrogens (tertiary/aromatic N) is 4. The van der Waals surface area contributed by atoms with E-state index >= 15 is 0 Å². The second kappa shape index (κ2) is 9.72. The summed E-state index contributed by atoms with van der Waals surface area (Å²) in [6.45, 7) is 10.2. The van der Waals surface area contributed by atoms with Crippen molar-refractivity contribution in [2.45, 2.75) is 33.6 Å². The van der Waals surface area contributed by atoms with Crippen LogP contribution >= 0.6 is 11.6 Å². The van der Waals surface area contributed by atoms with Crippen LogP contribution in [0.15, 0.2) is 0 Å². The van der Waals surface area contributed by atoms with Crippen LogP contribution in [0, 0.1) is 0 Å². The van der Waals surface area contributed by atoms with Crippen LogP contribution < -0.4 is 10.2 Å². The highest BCUT2D eigenvalue weighted by atomic mass is 35.5. The Labute approximate surface area is 125 Å². The molecule has 7 heteroatoms. The number of halogens is 1. The molecule has 0 saturated carbocycles. The number of hydrogen-bond donors (Lipinski definition) is 1. The molecule has 0 atom stereocenters. The summed E-state index contributed by atoms with van der Waals surface area (Å²) in [5.74, 6) is 1.13. The minimum atomic E-state index is 0.214. The van der Waals surface area contributed by atoms with Gasteiger partial charge in [0, 0.05) is 32.8 Å². The molecule has 0 aliphatic rings. The van der Waals surface area contributed by atoms with Gasteiger partial charge < -0.3 is 15.0 Å². The molecule has 1 aromatic rings. The fraction of sp³-hybridized carbons (Fsp3) is 0.769. The molecule has 0 unspecified atom stereocenters. The molecule has 0 radical (unpaired) electrons. The molecule has 1 aromatic heterocycles. The lowest BCUT2D eigenvalue weighted by molar-refractivity contribution is 0.134. The van der Waals surface area contributed by atoms with E-state index in [1.807, 2.05) is 4.90 Å². The van der Waals surface area contributed by atoms with E-state index in [0.717, 1.165) is 45.7 Å². The molecule has 0 aromatic carbocycles. The maximum atomic E-state index is 5.94. The molecule has 114 valence electrons. The molecule has 0 fully saturated rings. The number of ether oxygens (including phenoxy) is 1. The Hall–Kier alpha value is -1.14. The van der Waals surface area contributed by atoms with Crippen molar-refractivity contribution in [1.29, 1.82) is 0 Å². The van der Waals surface area contributed by atoms with Crippen molar-refractivity contribution in [2.24, 2.45) is 0 Å². The van der Waals surface area contributed by atoms with Gasteiger partial charge in [0.1, 0.15) is 0 Å². The first-order valence-corrected chi connectivity index (χ1v) is 7.57. The van der Waals surface area contributed by atoms with Crippen LogP contribution in [0.1, 0.15) is 33.6 Å². The summed E-state index contributed by atoms with van der Waals surface area (Å²) in [5.41, 5.74) is 0. The van der Waals surface area contributed by atoms with Crippen LogP contribution in [0.25, 0.3) is 0 Å². The normalized spacial score (nSPS) is 10.6. The quantitative estimate of drug-likeness (QED) is 0.670. The smallest absolute Gasteiger partial charge is 0.231 e. The molecule has 0 aliphatic carbocycles. The summed E-state index contributed by atoms with van der Waals surface area (Å²) in [6, 6.07) is 0. The molecule has 20 heavy (non-hydrogen) atoms. The molecule has 1 N–H and O–H groups in total. The van der Waals surface area contributed by atoms with E-state index in [-0.39, 0.29) is 5.28 Å². The van der Waals surface area contributed by atoms with E-state index in [1.54, 1.807) is 0 Å². The van der Waals surface area contributed by atoms with Gasteiger partial charge in [-0.05, 0) is 38.3 Å². The first-order chi connectivity index (χ1) is 9.71. The van der Waals surface area contributed by atoms with E-state index in [4.69, 9.17) is 16.3 Å². The van der Waals surface area contributed by atoms with Crippen molar-refractivity contribution >= 4 is 23.5 Å². The van der Waals surface area contributed by atoms with Crippen molar-refractivity contribution in [2.75, 3.05) is 43.1 Å². The second-order valence-electron chi connectivity index (χ2n) is 4.29. The van der Waals surface area contributed by atoms with Crippen molar-refractivity contribution in [3.05, 3.63) is 5.28 Å². The largest absolute Gasteiger partial charge is 0.381 e. The monoisotopic (exact) mass is 301 g/mol. The van der Waals surface area contributed by atoms with Gasteiger partial charge in [-0.2, -0.15) is 15.0 Å². The van der Waals surface area contributed by atoms with Crippen molar-refractivity contribution in [3.8, 4) is 0 Å². The van der Waals surface area contributed by atoms with Gasteiger partial charge in [-0.1, -0.05) is 6.92 Å². The molecule has 1 heterocycles. The fourth-order valence-corrected chi connectivity index (χ4v) is 1.84. The highest BCUT2D eigenvalue weighted by molar-refractivity contribution is 6.28. The number of nitrogens with one attached hydrogen (secondary N) is 1. The molecular weight excluding hydrogens is 278 g/mol. The van der Waals surface area contributed by atoms with Gasteiger partial charge in [0.25, 0.3) is 0 Å². The van der Waals surface area contributed by atoms with E-state index in [9.17, 15) is 0 Å². The zero-order valence-electron chi connectivity index (χ0n) is 12.5. The van der Waals surface area contributed by atoms with Gasteiger partial charge in [0.15, 0.2) is 0 Å². The molecule has 0 saturated heterocycles. The van der Waals surface area contributed by atoms with Crippen LogP contribution in [0.5, 0.6) is 0 Å².